The van der Waals surface area contributed by atoms with Crippen LogP contribution >= 0.6 is 24.8 Å². The first-order valence-electron chi connectivity index (χ1n) is 8.60. The highest BCUT2D eigenvalue weighted by atomic mass is 35.5. The van der Waals surface area contributed by atoms with Crippen molar-refractivity contribution in [1.29, 1.82) is 0 Å². The molecule has 0 saturated heterocycles. The van der Waals surface area contributed by atoms with Crippen LogP contribution in [0.3, 0.4) is 0 Å². The van der Waals surface area contributed by atoms with Crippen LogP contribution in [0.5, 0.6) is 0 Å². The topological polar surface area (TPSA) is 76.4 Å². The van der Waals surface area contributed by atoms with Crippen molar-refractivity contribution in [2.45, 2.75) is 45.2 Å². The largest absolute Gasteiger partial charge is 0.382 e. The van der Waals surface area contributed by atoms with Crippen molar-refractivity contribution in [2.24, 2.45) is 5.73 Å². The highest BCUT2D eigenvalue weighted by Gasteiger charge is 2.16. The summed E-state index contributed by atoms with van der Waals surface area (Å²) in [5.74, 6) is 0.0643. The van der Waals surface area contributed by atoms with E-state index in [4.69, 9.17) is 10.5 Å². The molecule has 0 aliphatic rings. The summed E-state index contributed by atoms with van der Waals surface area (Å²) in [4.78, 5) is 12.3. The molecule has 0 aromatic heterocycles. The van der Waals surface area contributed by atoms with Crippen LogP contribution in [0.2, 0.25) is 0 Å². The van der Waals surface area contributed by atoms with Crippen molar-refractivity contribution >= 4 is 30.7 Å². The summed E-state index contributed by atoms with van der Waals surface area (Å²) in [5.41, 5.74) is 6.73. The van der Waals surface area contributed by atoms with Crippen LogP contribution in [-0.2, 0) is 16.1 Å². The van der Waals surface area contributed by atoms with Crippen molar-refractivity contribution in [3.8, 4) is 0 Å². The molecule has 0 fully saturated rings. The van der Waals surface area contributed by atoms with Crippen LogP contribution in [0.4, 0.5) is 0 Å². The second kappa shape index (κ2) is 18.0. The maximum Gasteiger partial charge on any atom is 0.237 e. The zero-order valence-electron chi connectivity index (χ0n) is 15.0. The molecule has 146 valence electrons. The Hall–Kier alpha value is -0.850. The van der Waals surface area contributed by atoms with Crippen LogP contribution in [0.1, 0.15) is 38.2 Å². The summed E-state index contributed by atoms with van der Waals surface area (Å²) in [5, 5.41) is 6.35. The number of ether oxygens (including phenoxy) is 1. The smallest absolute Gasteiger partial charge is 0.237 e. The number of benzene rings is 1. The monoisotopic (exact) mass is 393 g/mol. The molecule has 0 radical (unpaired) electrons. The van der Waals surface area contributed by atoms with Crippen LogP contribution in [0.25, 0.3) is 0 Å². The standard InChI is InChI=1S/C18H31N3O2.2ClH/c1-2-23-14-8-13-20-18(22)17(11-6-7-12-19)21-15-16-9-4-3-5-10-16;;/h3-5,9-10,17,21H,2,6-8,11-15,19H2,1H3,(H,20,22);2*1H. The predicted octanol–water partition coefficient (Wildman–Crippen LogP) is 2.66. The van der Waals surface area contributed by atoms with Crippen molar-refractivity contribution in [3.63, 3.8) is 0 Å². The Kier molecular flexibility index (Phi) is 18.9. The minimum atomic E-state index is -0.172. The molecule has 0 aliphatic heterocycles. The SMILES string of the molecule is CCOCCCNC(=O)C(CCCCN)NCc1ccccc1.Cl.Cl. The average Bonchev–Trinajstić information content (AvgIpc) is 2.58. The van der Waals surface area contributed by atoms with Crippen LogP contribution in [0.15, 0.2) is 30.3 Å². The Labute approximate surface area is 164 Å². The van der Waals surface area contributed by atoms with Gasteiger partial charge in [0, 0.05) is 26.3 Å². The van der Waals surface area contributed by atoms with Gasteiger partial charge >= 0.3 is 0 Å². The third kappa shape index (κ3) is 13.1. The molecular formula is C18H33Cl2N3O2. The van der Waals surface area contributed by atoms with E-state index < -0.39 is 0 Å². The van der Waals surface area contributed by atoms with Crippen molar-refractivity contribution in [1.82, 2.24) is 10.6 Å². The number of amides is 1. The number of carbonyl (C=O) groups is 1. The number of unbranched alkanes of at least 4 members (excludes halogenated alkanes) is 1. The molecular weight excluding hydrogens is 361 g/mol. The Balaban J connectivity index is 0. The summed E-state index contributed by atoms with van der Waals surface area (Å²) in [6.45, 7) is 5.39. The molecule has 5 nitrogen and oxygen atoms in total. The molecule has 0 heterocycles. The fourth-order valence-corrected chi connectivity index (χ4v) is 2.31. The van der Waals surface area contributed by atoms with E-state index in [9.17, 15) is 4.79 Å². The van der Waals surface area contributed by atoms with Gasteiger partial charge in [-0.1, -0.05) is 36.8 Å². The normalized spacial score (nSPS) is 11.1. The summed E-state index contributed by atoms with van der Waals surface area (Å²) < 4.78 is 5.28. The number of hydrogen-bond acceptors (Lipinski definition) is 4. The van der Waals surface area contributed by atoms with Crippen LogP contribution in [-0.4, -0.2) is 38.3 Å². The van der Waals surface area contributed by atoms with Crippen LogP contribution in [0, 0.1) is 0 Å². The lowest BCUT2D eigenvalue weighted by atomic mass is 10.1. The number of rotatable bonds is 13. The number of carbonyl (C=O) groups excluding carboxylic acids is 1. The van der Waals surface area contributed by atoms with Gasteiger partial charge in [-0.3, -0.25) is 4.79 Å². The highest BCUT2D eigenvalue weighted by Crippen LogP contribution is 2.04. The van der Waals surface area contributed by atoms with Gasteiger partial charge in [0.05, 0.1) is 6.04 Å². The van der Waals surface area contributed by atoms with Gasteiger partial charge in [0.2, 0.25) is 5.91 Å². The van der Waals surface area contributed by atoms with E-state index >= 15 is 0 Å². The molecule has 7 heteroatoms. The Bertz CT molecular complexity index is 422. The van der Waals surface area contributed by atoms with E-state index in [-0.39, 0.29) is 36.8 Å². The molecule has 1 aromatic rings. The van der Waals surface area contributed by atoms with Gasteiger partial charge < -0.3 is 21.1 Å². The zero-order chi connectivity index (χ0) is 16.8. The highest BCUT2D eigenvalue weighted by molar-refractivity contribution is 5.85. The van der Waals surface area contributed by atoms with Gasteiger partial charge in [-0.15, -0.1) is 24.8 Å². The fourth-order valence-electron chi connectivity index (χ4n) is 2.31. The van der Waals surface area contributed by atoms with Gasteiger partial charge in [0.1, 0.15) is 0 Å². The van der Waals surface area contributed by atoms with E-state index in [0.717, 1.165) is 25.7 Å². The van der Waals surface area contributed by atoms with Crippen molar-refractivity contribution in [3.05, 3.63) is 35.9 Å². The first-order valence-corrected chi connectivity index (χ1v) is 8.60. The third-order valence-corrected chi connectivity index (χ3v) is 3.63. The van der Waals surface area contributed by atoms with Crippen molar-refractivity contribution in [2.75, 3.05) is 26.3 Å². The second-order valence-corrected chi connectivity index (χ2v) is 5.55. The molecule has 4 N–H and O–H groups in total. The maximum atomic E-state index is 12.3. The fraction of sp³-hybridized carbons (Fsp3) is 0.611. The molecule has 1 amide bonds. The minimum absolute atomic E-state index is 0. The molecule has 0 aliphatic carbocycles. The van der Waals surface area contributed by atoms with Gasteiger partial charge in [-0.2, -0.15) is 0 Å². The van der Waals surface area contributed by atoms with E-state index in [0.29, 0.717) is 32.8 Å². The lowest BCUT2D eigenvalue weighted by Gasteiger charge is -2.18. The van der Waals surface area contributed by atoms with E-state index in [1.54, 1.807) is 0 Å². The number of halogens is 2. The van der Waals surface area contributed by atoms with Crippen LogP contribution < -0.4 is 16.4 Å². The maximum absolute atomic E-state index is 12.3. The summed E-state index contributed by atoms with van der Waals surface area (Å²) in [6.07, 6.45) is 3.55. The number of nitrogens with one attached hydrogen (secondary N) is 2. The Morgan fingerprint density at radius 3 is 2.52 bits per heavy atom. The minimum Gasteiger partial charge on any atom is -0.382 e. The summed E-state index contributed by atoms with van der Waals surface area (Å²) in [6, 6.07) is 9.96. The number of hydrogen-bond donors (Lipinski definition) is 3. The summed E-state index contributed by atoms with van der Waals surface area (Å²) in [7, 11) is 0. The zero-order valence-corrected chi connectivity index (χ0v) is 16.7. The third-order valence-electron chi connectivity index (χ3n) is 3.63. The average molecular weight is 394 g/mol. The lowest BCUT2D eigenvalue weighted by molar-refractivity contribution is -0.123. The first kappa shape index (κ1) is 26.4. The van der Waals surface area contributed by atoms with E-state index in [1.165, 1.54) is 5.56 Å². The summed E-state index contributed by atoms with van der Waals surface area (Å²) >= 11 is 0. The number of nitrogens with two attached hydrogens (primary N) is 1. The molecule has 1 atom stereocenters. The lowest BCUT2D eigenvalue weighted by Crippen LogP contribution is -2.44. The predicted molar refractivity (Wildman–Crippen MR) is 109 cm³/mol. The second-order valence-electron chi connectivity index (χ2n) is 5.55. The molecule has 1 rings (SSSR count). The van der Waals surface area contributed by atoms with Gasteiger partial charge in [0.15, 0.2) is 0 Å². The van der Waals surface area contributed by atoms with Gasteiger partial charge in [-0.25, -0.2) is 0 Å². The molecule has 1 unspecified atom stereocenters. The van der Waals surface area contributed by atoms with Gasteiger partial charge in [-0.05, 0) is 38.3 Å². The Morgan fingerprint density at radius 1 is 1.16 bits per heavy atom. The molecule has 1 aromatic carbocycles. The van der Waals surface area contributed by atoms with E-state index in [1.807, 2.05) is 25.1 Å². The molecule has 0 saturated carbocycles. The van der Waals surface area contributed by atoms with E-state index in [2.05, 4.69) is 22.8 Å². The quantitative estimate of drug-likeness (QED) is 0.450. The Morgan fingerprint density at radius 2 is 1.88 bits per heavy atom. The first-order chi connectivity index (χ1) is 11.3. The molecule has 25 heavy (non-hydrogen) atoms. The molecule has 0 bridgehead atoms. The van der Waals surface area contributed by atoms with Crippen molar-refractivity contribution < 1.29 is 9.53 Å². The van der Waals surface area contributed by atoms with Gasteiger partial charge in [0.25, 0.3) is 0 Å². The molecule has 0 spiro atoms.